The lowest BCUT2D eigenvalue weighted by atomic mass is 10.1. The Morgan fingerprint density at radius 3 is 2.39 bits per heavy atom. The first-order valence-electron chi connectivity index (χ1n) is 11.8. The van der Waals surface area contributed by atoms with E-state index >= 15 is 0 Å². The molecule has 1 aromatic heterocycles. The zero-order valence-corrected chi connectivity index (χ0v) is 20.6. The summed E-state index contributed by atoms with van der Waals surface area (Å²) in [6.45, 7) is 11.1. The van der Waals surface area contributed by atoms with Gasteiger partial charge in [-0.3, -0.25) is 9.36 Å². The normalized spacial score (nSPS) is 14.6. The molecule has 33 heavy (non-hydrogen) atoms. The quantitative estimate of drug-likeness (QED) is 0.361. The van der Waals surface area contributed by atoms with E-state index in [0.717, 1.165) is 67.1 Å². The molecular weight excluding hydrogens is 430 g/mol. The van der Waals surface area contributed by atoms with Crippen molar-refractivity contribution in [2.45, 2.75) is 38.8 Å². The second-order valence-electron chi connectivity index (χ2n) is 8.56. The zero-order chi connectivity index (χ0) is 23.2. The number of amides is 1. The van der Waals surface area contributed by atoms with E-state index < -0.39 is 0 Å². The lowest BCUT2D eigenvalue weighted by Gasteiger charge is -2.34. The van der Waals surface area contributed by atoms with Crippen molar-refractivity contribution in [1.29, 1.82) is 0 Å². The van der Waals surface area contributed by atoms with Crippen molar-refractivity contribution in [3.8, 4) is 17.1 Å². The minimum atomic E-state index is 0.270. The Kier molecular flexibility index (Phi) is 7.83. The predicted molar refractivity (Wildman–Crippen MR) is 135 cm³/mol. The van der Waals surface area contributed by atoms with Gasteiger partial charge < -0.3 is 9.80 Å². The molecule has 2 aromatic carbocycles. The van der Waals surface area contributed by atoms with Crippen LogP contribution < -0.4 is 0 Å². The maximum Gasteiger partial charge on any atom is 0.222 e. The van der Waals surface area contributed by atoms with Crippen LogP contribution in [0.5, 0.6) is 0 Å². The minimum absolute atomic E-state index is 0.270. The van der Waals surface area contributed by atoms with Gasteiger partial charge >= 0.3 is 0 Å². The van der Waals surface area contributed by atoms with E-state index in [4.69, 9.17) is 0 Å². The highest BCUT2D eigenvalue weighted by Gasteiger charge is 2.20. The van der Waals surface area contributed by atoms with Gasteiger partial charge in [0.15, 0.2) is 11.0 Å². The number of hydrogen-bond donors (Lipinski definition) is 0. The Morgan fingerprint density at radius 1 is 0.970 bits per heavy atom. The summed E-state index contributed by atoms with van der Waals surface area (Å²) in [4.78, 5) is 17.0. The molecule has 1 aliphatic rings. The van der Waals surface area contributed by atoms with Crippen LogP contribution in [0.1, 0.15) is 30.9 Å². The van der Waals surface area contributed by atoms with Gasteiger partial charge in [-0.2, -0.15) is 0 Å². The molecule has 3 aromatic rings. The summed E-state index contributed by atoms with van der Waals surface area (Å²) < 4.78 is 2.15. The zero-order valence-electron chi connectivity index (χ0n) is 19.8. The molecule has 6 nitrogen and oxygen atoms in total. The van der Waals surface area contributed by atoms with Crippen LogP contribution in [0.15, 0.2) is 53.7 Å². The third-order valence-electron chi connectivity index (χ3n) is 6.24. The second kappa shape index (κ2) is 11.0. The number of nitrogens with zero attached hydrogens (tertiary/aromatic N) is 5. The smallest absolute Gasteiger partial charge is 0.222 e. The van der Waals surface area contributed by atoms with Gasteiger partial charge in [-0.15, -0.1) is 10.2 Å². The summed E-state index contributed by atoms with van der Waals surface area (Å²) in [5, 5.41) is 9.94. The third-order valence-corrected chi connectivity index (χ3v) is 7.25. The molecule has 2 heterocycles. The number of carbonyl (C=O) groups excluding carboxylic acids is 1. The predicted octanol–water partition coefficient (Wildman–Crippen LogP) is 4.59. The molecule has 1 fully saturated rings. The Bertz CT molecular complexity index is 1070. The fourth-order valence-electron chi connectivity index (χ4n) is 4.14. The van der Waals surface area contributed by atoms with Crippen LogP contribution in [-0.4, -0.2) is 68.9 Å². The van der Waals surface area contributed by atoms with E-state index in [1.165, 1.54) is 11.1 Å². The largest absolute Gasteiger partial charge is 0.340 e. The Balaban J connectivity index is 1.44. The minimum Gasteiger partial charge on any atom is -0.340 e. The van der Waals surface area contributed by atoms with E-state index in [-0.39, 0.29) is 5.91 Å². The standard InChI is InChI=1S/C26H33N5OS/c1-4-29-15-17-30(18-16-29)24(32)10-7-19-33-26-28-27-25(22-13-11-20(2)12-14-22)31(26)23-9-6-5-8-21(23)3/h5-6,8-9,11-14H,4,7,10,15-19H2,1-3H3. The molecule has 0 atom stereocenters. The maximum absolute atomic E-state index is 12.6. The molecule has 0 saturated carbocycles. The highest BCUT2D eigenvalue weighted by Crippen LogP contribution is 2.30. The number of carbonyl (C=O) groups is 1. The molecule has 0 N–H and O–H groups in total. The van der Waals surface area contributed by atoms with Crippen molar-refractivity contribution >= 4 is 17.7 Å². The van der Waals surface area contributed by atoms with Crippen LogP contribution in [0.4, 0.5) is 0 Å². The van der Waals surface area contributed by atoms with Crippen LogP contribution in [0, 0.1) is 13.8 Å². The molecule has 0 spiro atoms. The van der Waals surface area contributed by atoms with E-state index in [1.54, 1.807) is 11.8 Å². The fraction of sp³-hybridized carbons (Fsp3) is 0.423. The number of piperazine rings is 1. The number of benzene rings is 2. The van der Waals surface area contributed by atoms with E-state index in [1.807, 2.05) is 17.0 Å². The molecule has 0 radical (unpaired) electrons. The van der Waals surface area contributed by atoms with Gasteiger partial charge in [0, 0.05) is 43.9 Å². The van der Waals surface area contributed by atoms with Crippen molar-refractivity contribution < 1.29 is 4.79 Å². The molecule has 0 aliphatic carbocycles. The molecule has 7 heteroatoms. The molecule has 1 amide bonds. The average molecular weight is 464 g/mol. The number of aryl methyl sites for hydroxylation is 2. The first kappa shape index (κ1) is 23.5. The van der Waals surface area contributed by atoms with Gasteiger partial charge in [0.05, 0.1) is 5.69 Å². The van der Waals surface area contributed by atoms with Crippen molar-refractivity contribution in [2.75, 3.05) is 38.5 Å². The van der Waals surface area contributed by atoms with Crippen LogP contribution in [0.25, 0.3) is 17.1 Å². The highest BCUT2D eigenvalue weighted by molar-refractivity contribution is 7.99. The lowest BCUT2D eigenvalue weighted by molar-refractivity contribution is -0.132. The summed E-state index contributed by atoms with van der Waals surface area (Å²) in [5.41, 5.74) is 4.53. The fourth-order valence-corrected chi connectivity index (χ4v) is 5.03. The lowest BCUT2D eigenvalue weighted by Crippen LogP contribution is -2.48. The summed E-state index contributed by atoms with van der Waals surface area (Å²) in [6.07, 6.45) is 1.42. The number of rotatable bonds is 8. The summed E-state index contributed by atoms with van der Waals surface area (Å²) in [7, 11) is 0. The van der Waals surface area contributed by atoms with Gasteiger partial charge in [0.2, 0.25) is 5.91 Å². The molecule has 4 rings (SSSR count). The maximum atomic E-state index is 12.6. The number of hydrogen-bond acceptors (Lipinski definition) is 5. The second-order valence-corrected chi connectivity index (χ2v) is 9.62. The Labute approximate surface area is 201 Å². The Hall–Kier alpha value is -2.64. The van der Waals surface area contributed by atoms with E-state index in [9.17, 15) is 4.79 Å². The number of thioether (sulfide) groups is 1. The number of aromatic nitrogens is 3. The van der Waals surface area contributed by atoms with Crippen molar-refractivity contribution in [1.82, 2.24) is 24.6 Å². The van der Waals surface area contributed by atoms with Gasteiger partial charge in [0.25, 0.3) is 0 Å². The van der Waals surface area contributed by atoms with Crippen molar-refractivity contribution in [2.24, 2.45) is 0 Å². The van der Waals surface area contributed by atoms with Crippen LogP contribution in [0.2, 0.25) is 0 Å². The average Bonchev–Trinajstić information content (AvgIpc) is 3.26. The van der Waals surface area contributed by atoms with Crippen molar-refractivity contribution in [3.05, 3.63) is 59.7 Å². The highest BCUT2D eigenvalue weighted by atomic mass is 32.2. The van der Waals surface area contributed by atoms with Gasteiger partial charge in [-0.05, 0) is 38.4 Å². The van der Waals surface area contributed by atoms with Crippen molar-refractivity contribution in [3.63, 3.8) is 0 Å². The monoisotopic (exact) mass is 463 g/mol. The number of para-hydroxylation sites is 1. The van der Waals surface area contributed by atoms with Gasteiger partial charge in [-0.1, -0.05) is 66.7 Å². The summed E-state index contributed by atoms with van der Waals surface area (Å²) >= 11 is 1.67. The first-order chi connectivity index (χ1) is 16.1. The molecular formula is C26H33N5OS. The summed E-state index contributed by atoms with van der Waals surface area (Å²) in [6, 6.07) is 16.7. The van der Waals surface area contributed by atoms with E-state index in [0.29, 0.717) is 6.42 Å². The Morgan fingerprint density at radius 2 is 1.70 bits per heavy atom. The van der Waals surface area contributed by atoms with E-state index in [2.05, 4.69) is 76.8 Å². The molecule has 1 aliphatic heterocycles. The topological polar surface area (TPSA) is 54.3 Å². The molecule has 1 saturated heterocycles. The molecule has 174 valence electrons. The molecule has 0 unspecified atom stereocenters. The van der Waals surface area contributed by atoms with Crippen LogP contribution in [0.3, 0.4) is 0 Å². The van der Waals surface area contributed by atoms with Crippen LogP contribution >= 0.6 is 11.8 Å². The van der Waals surface area contributed by atoms with Crippen LogP contribution in [-0.2, 0) is 4.79 Å². The van der Waals surface area contributed by atoms with Gasteiger partial charge in [0.1, 0.15) is 0 Å². The molecule has 0 bridgehead atoms. The van der Waals surface area contributed by atoms with Gasteiger partial charge in [-0.25, -0.2) is 0 Å². The third kappa shape index (κ3) is 5.65. The SMILES string of the molecule is CCN1CCN(C(=O)CCCSc2nnc(-c3ccc(C)cc3)n2-c2ccccc2C)CC1. The summed E-state index contributed by atoms with van der Waals surface area (Å²) in [5.74, 6) is 1.95. The first-order valence-corrected chi connectivity index (χ1v) is 12.8. The number of likely N-dealkylation sites (N-methyl/N-ethyl adjacent to an activating group) is 1.